The molecule has 20 heavy (non-hydrogen) atoms. The SMILES string of the molecule is Cc1nnc(CNC(=O)[C@]2(c3cccs3)CC2(C)C)o1. The second-order valence-electron chi connectivity index (χ2n) is 5.84. The molecule has 2 aromatic heterocycles. The fourth-order valence-electron chi connectivity index (χ4n) is 2.78. The molecule has 0 spiro atoms. The predicted molar refractivity (Wildman–Crippen MR) is 75.3 cm³/mol. The third-order valence-electron chi connectivity index (χ3n) is 4.03. The second-order valence-corrected chi connectivity index (χ2v) is 6.79. The molecule has 0 aliphatic heterocycles. The van der Waals surface area contributed by atoms with Crippen molar-refractivity contribution < 1.29 is 9.21 Å². The lowest BCUT2D eigenvalue weighted by atomic mass is 9.93. The quantitative estimate of drug-likeness (QED) is 0.939. The van der Waals surface area contributed by atoms with Crippen molar-refractivity contribution in [2.45, 2.75) is 39.2 Å². The maximum Gasteiger partial charge on any atom is 0.235 e. The average molecular weight is 291 g/mol. The molecule has 0 unspecified atom stereocenters. The zero-order valence-corrected chi connectivity index (χ0v) is 12.6. The first kappa shape index (κ1) is 13.3. The molecule has 1 atom stereocenters. The van der Waals surface area contributed by atoms with Gasteiger partial charge in [-0.1, -0.05) is 19.9 Å². The van der Waals surface area contributed by atoms with E-state index in [2.05, 4.69) is 29.4 Å². The van der Waals surface area contributed by atoms with E-state index in [-0.39, 0.29) is 17.9 Å². The summed E-state index contributed by atoms with van der Waals surface area (Å²) in [5.41, 5.74) is -0.414. The molecule has 0 saturated heterocycles. The molecule has 0 radical (unpaired) electrons. The minimum Gasteiger partial charge on any atom is -0.424 e. The van der Waals surface area contributed by atoms with Crippen LogP contribution in [0, 0.1) is 12.3 Å². The number of amides is 1. The molecule has 1 aliphatic carbocycles. The van der Waals surface area contributed by atoms with Gasteiger partial charge in [-0.05, 0) is 23.3 Å². The van der Waals surface area contributed by atoms with E-state index in [9.17, 15) is 4.79 Å². The van der Waals surface area contributed by atoms with E-state index in [1.807, 2.05) is 17.5 Å². The topological polar surface area (TPSA) is 68.0 Å². The molecule has 1 N–H and O–H groups in total. The lowest BCUT2D eigenvalue weighted by molar-refractivity contribution is -0.124. The number of nitrogens with one attached hydrogen (secondary N) is 1. The molecule has 1 fully saturated rings. The van der Waals surface area contributed by atoms with Crippen LogP contribution >= 0.6 is 11.3 Å². The van der Waals surface area contributed by atoms with Gasteiger partial charge in [0.05, 0.1) is 12.0 Å². The van der Waals surface area contributed by atoms with Gasteiger partial charge >= 0.3 is 0 Å². The maximum atomic E-state index is 12.6. The minimum atomic E-state index is -0.407. The van der Waals surface area contributed by atoms with Gasteiger partial charge in [0.25, 0.3) is 0 Å². The lowest BCUT2D eigenvalue weighted by Gasteiger charge is -2.18. The van der Waals surface area contributed by atoms with Gasteiger partial charge in [0.2, 0.25) is 17.7 Å². The van der Waals surface area contributed by atoms with Crippen molar-refractivity contribution in [1.82, 2.24) is 15.5 Å². The van der Waals surface area contributed by atoms with Gasteiger partial charge in [0, 0.05) is 11.8 Å². The van der Waals surface area contributed by atoms with E-state index in [1.54, 1.807) is 18.3 Å². The van der Waals surface area contributed by atoms with Crippen LogP contribution in [0.5, 0.6) is 0 Å². The number of nitrogens with zero attached hydrogens (tertiary/aromatic N) is 2. The first-order valence-electron chi connectivity index (χ1n) is 6.57. The number of carbonyl (C=O) groups is 1. The Kier molecular flexibility index (Phi) is 2.93. The van der Waals surface area contributed by atoms with Crippen molar-refractivity contribution in [1.29, 1.82) is 0 Å². The van der Waals surface area contributed by atoms with E-state index < -0.39 is 5.41 Å². The molecule has 2 aromatic rings. The van der Waals surface area contributed by atoms with Crippen molar-refractivity contribution in [3.8, 4) is 0 Å². The number of rotatable bonds is 4. The maximum absolute atomic E-state index is 12.6. The number of aryl methyl sites for hydroxylation is 1. The number of thiophene rings is 1. The van der Waals surface area contributed by atoms with Crippen LogP contribution < -0.4 is 5.32 Å². The molecule has 106 valence electrons. The first-order valence-corrected chi connectivity index (χ1v) is 7.45. The molecule has 3 rings (SSSR count). The summed E-state index contributed by atoms with van der Waals surface area (Å²) in [6.45, 7) is 6.27. The van der Waals surface area contributed by atoms with Crippen molar-refractivity contribution in [2.75, 3.05) is 0 Å². The van der Waals surface area contributed by atoms with Gasteiger partial charge in [-0.3, -0.25) is 4.79 Å². The van der Waals surface area contributed by atoms with Gasteiger partial charge in [0.1, 0.15) is 0 Å². The highest BCUT2D eigenvalue weighted by Crippen LogP contribution is 2.65. The zero-order chi connectivity index (χ0) is 14.4. The van der Waals surface area contributed by atoms with Crippen molar-refractivity contribution in [3.63, 3.8) is 0 Å². The Morgan fingerprint density at radius 1 is 1.50 bits per heavy atom. The minimum absolute atomic E-state index is 0.00725. The van der Waals surface area contributed by atoms with E-state index in [4.69, 9.17) is 4.42 Å². The monoisotopic (exact) mass is 291 g/mol. The molecule has 6 heteroatoms. The summed E-state index contributed by atoms with van der Waals surface area (Å²) in [4.78, 5) is 13.8. The van der Waals surface area contributed by atoms with Crippen LogP contribution in [-0.4, -0.2) is 16.1 Å². The standard InChI is InChI=1S/C14H17N3O2S/c1-9-16-17-11(19-9)7-15-12(18)14(8-13(14,2)3)10-5-4-6-20-10/h4-6H,7-8H2,1-3H3,(H,15,18)/t14-/m1/s1. The summed E-state index contributed by atoms with van der Waals surface area (Å²) in [5.74, 6) is 0.991. The molecular weight excluding hydrogens is 274 g/mol. The van der Waals surface area contributed by atoms with E-state index >= 15 is 0 Å². The molecule has 0 bridgehead atoms. The fraction of sp³-hybridized carbons (Fsp3) is 0.500. The Morgan fingerprint density at radius 2 is 2.25 bits per heavy atom. The Balaban J connectivity index is 1.75. The van der Waals surface area contributed by atoms with E-state index in [0.717, 1.165) is 11.3 Å². The summed E-state index contributed by atoms with van der Waals surface area (Å²) in [6.07, 6.45) is 0.870. The highest BCUT2D eigenvalue weighted by molar-refractivity contribution is 7.10. The summed E-state index contributed by atoms with van der Waals surface area (Å²) in [6, 6.07) is 4.03. The molecule has 0 aromatic carbocycles. The molecule has 1 aliphatic rings. The second kappa shape index (κ2) is 4.41. The van der Waals surface area contributed by atoms with Crippen LogP contribution in [-0.2, 0) is 16.8 Å². The van der Waals surface area contributed by atoms with E-state index in [1.165, 1.54) is 0 Å². The van der Waals surface area contributed by atoms with Crippen LogP contribution in [0.15, 0.2) is 21.9 Å². The van der Waals surface area contributed by atoms with Crippen LogP contribution in [0.3, 0.4) is 0 Å². The van der Waals surface area contributed by atoms with Crippen LogP contribution in [0.1, 0.15) is 36.9 Å². The first-order chi connectivity index (χ1) is 9.46. The molecule has 1 amide bonds. The highest BCUT2D eigenvalue weighted by atomic mass is 32.1. The van der Waals surface area contributed by atoms with Crippen LogP contribution in [0.2, 0.25) is 0 Å². The van der Waals surface area contributed by atoms with Gasteiger partial charge < -0.3 is 9.73 Å². The number of hydrogen-bond acceptors (Lipinski definition) is 5. The number of carbonyl (C=O) groups excluding carboxylic acids is 1. The summed E-state index contributed by atoms with van der Waals surface area (Å²) >= 11 is 1.64. The summed E-state index contributed by atoms with van der Waals surface area (Å²) in [7, 11) is 0. The van der Waals surface area contributed by atoms with Crippen molar-refractivity contribution >= 4 is 17.2 Å². The molecule has 1 saturated carbocycles. The number of aromatic nitrogens is 2. The third-order valence-corrected chi connectivity index (χ3v) is 5.07. The normalized spacial score (nSPS) is 23.6. The third kappa shape index (κ3) is 1.95. The van der Waals surface area contributed by atoms with E-state index in [0.29, 0.717) is 11.8 Å². The number of hydrogen-bond donors (Lipinski definition) is 1. The zero-order valence-electron chi connectivity index (χ0n) is 11.8. The smallest absolute Gasteiger partial charge is 0.235 e. The van der Waals surface area contributed by atoms with Gasteiger partial charge in [0.15, 0.2) is 0 Å². The van der Waals surface area contributed by atoms with Gasteiger partial charge in [-0.2, -0.15) is 0 Å². The lowest BCUT2D eigenvalue weighted by Crippen LogP contribution is -2.37. The summed E-state index contributed by atoms with van der Waals surface area (Å²) in [5, 5.41) is 12.6. The average Bonchev–Trinajstić information content (AvgIpc) is 2.86. The van der Waals surface area contributed by atoms with Crippen molar-refractivity contribution in [3.05, 3.63) is 34.2 Å². The highest BCUT2D eigenvalue weighted by Gasteiger charge is 2.67. The Morgan fingerprint density at radius 3 is 2.75 bits per heavy atom. The van der Waals surface area contributed by atoms with Gasteiger partial charge in [-0.25, -0.2) is 0 Å². The van der Waals surface area contributed by atoms with Crippen molar-refractivity contribution in [2.24, 2.45) is 5.41 Å². The Labute approximate surface area is 121 Å². The Hall–Kier alpha value is -1.69. The van der Waals surface area contributed by atoms with Gasteiger partial charge in [-0.15, -0.1) is 21.5 Å². The fourth-order valence-corrected chi connectivity index (χ4v) is 3.88. The Bertz CT molecular complexity index is 633. The summed E-state index contributed by atoms with van der Waals surface area (Å²) < 4.78 is 5.28. The predicted octanol–water partition coefficient (Wildman–Crippen LogP) is 2.42. The largest absolute Gasteiger partial charge is 0.424 e. The molecule has 5 nitrogen and oxygen atoms in total. The van der Waals surface area contributed by atoms with Crippen LogP contribution in [0.25, 0.3) is 0 Å². The molecule has 2 heterocycles. The van der Waals surface area contributed by atoms with Crippen LogP contribution in [0.4, 0.5) is 0 Å². The molecular formula is C14H17N3O2S.